The second kappa shape index (κ2) is 6.83. The molecule has 2 rings (SSSR count). The van der Waals surface area contributed by atoms with Crippen LogP contribution in [0.25, 0.3) is 0 Å². The SMILES string of the molecule is CCSC1CCC(Nc2cc(OC)ccc2[N+](=O)[O-])C1. The van der Waals surface area contributed by atoms with Crippen molar-refractivity contribution in [1.29, 1.82) is 0 Å². The van der Waals surface area contributed by atoms with Crippen molar-refractivity contribution in [2.24, 2.45) is 0 Å². The van der Waals surface area contributed by atoms with Crippen molar-refractivity contribution in [3.8, 4) is 5.75 Å². The second-order valence-electron chi connectivity index (χ2n) is 4.87. The number of methoxy groups -OCH3 is 1. The molecule has 2 atom stereocenters. The van der Waals surface area contributed by atoms with Crippen LogP contribution >= 0.6 is 11.8 Å². The van der Waals surface area contributed by atoms with Crippen LogP contribution in [0.15, 0.2) is 18.2 Å². The summed E-state index contributed by atoms with van der Waals surface area (Å²) in [6.07, 6.45) is 3.30. The normalized spacial score (nSPS) is 21.7. The van der Waals surface area contributed by atoms with Crippen LogP contribution in [0.2, 0.25) is 0 Å². The molecule has 0 saturated heterocycles. The van der Waals surface area contributed by atoms with Gasteiger partial charge in [0.15, 0.2) is 0 Å². The average molecular weight is 296 g/mol. The summed E-state index contributed by atoms with van der Waals surface area (Å²) in [7, 11) is 1.56. The molecular formula is C14H20N2O3S. The van der Waals surface area contributed by atoms with Gasteiger partial charge in [0.25, 0.3) is 5.69 Å². The zero-order chi connectivity index (χ0) is 14.5. The number of ether oxygens (including phenoxy) is 1. The number of nitrogens with zero attached hydrogens (tertiary/aromatic N) is 1. The average Bonchev–Trinajstić information content (AvgIpc) is 2.86. The molecule has 2 unspecified atom stereocenters. The Morgan fingerprint density at radius 3 is 2.95 bits per heavy atom. The molecule has 1 aliphatic carbocycles. The van der Waals surface area contributed by atoms with Gasteiger partial charge in [-0.1, -0.05) is 6.92 Å². The first-order valence-electron chi connectivity index (χ1n) is 6.84. The van der Waals surface area contributed by atoms with Crippen molar-refractivity contribution in [2.75, 3.05) is 18.2 Å². The maximum atomic E-state index is 11.1. The number of nitrogens with one attached hydrogen (secondary N) is 1. The highest BCUT2D eigenvalue weighted by Gasteiger charge is 2.26. The van der Waals surface area contributed by atoms with Crippen LogP contribution < -0.4 is 10.1 Å². The number of hydrogen-bond acceptors (Lipinski definition) is 5. The third-order valence-corrected chi connectivity index (χ3v) is 4.78. The highest BCUT2D eigenvalue weighted by atomic mass is 32.2. The monoisotopic (exact) mass is 296 g/mol. The maximum Gasteiger partial charge on any atom is 0.292 e. The van der Waals surface area contributed by atoms with Gasteiger partial charge in [0.05, 0.1) is 12.0 Å². The first kappa shape index (κ1) is 15.0. The van der Waals surface area contributed by atoms with Gasteiger partial charge in [-0.15, -0.1) is 0 Å². The molecule has 1 N–H and O–H groups in total. The van der Waals surface area contributed by atoms with E-state index in [-0.39, 0.29) is 10.6 Å². The van der Waals surface area contributed by atoms with Crippen molar-refractivity contribution in [3.63, 3.8) is 0 Å². The molecule has 6 heteroatoms. The first-order chi connectivity index (χ1) is 9.63. The molecule has 20 heavy (non-hydrogen) atoms. The molecule has 1 fully saturated rings. The van der Waals surface area contributed by atoms with Gasteiger partial charge >= 0.3 is 0 Å². The van der Waals surface area contributed by atoms with Crippen molar-refractivity contribution in [3.05, 3.63) is 28.3 Å². The number of nitro benzene ring substituents is 1. The molecule has 0 aliphatic heterocycles. The lowest BCUT2D eigenvalue weighted by Gasteiger charge is -2.15. The Labute approximate surface area is 123 Å². The molecule has 1 aliphatic rings. The van der Waals surface area contributed by atoms with Crippen LogP contribution in [-0.4, -0.2) is 29.1 Å². The van der Waals surface area contributed by atoms with Gasteiger partial charge in [-0.2, -0.15) is 11.8 Å². The van der Waals surface area contributed by atoms with Crippen LogP contribution in [0.5, 0.6) is 5.75 Å². The van der Waals surface area contributed by atoms with E-state index >= 15 is 0 Å². The number of nitro groups is 1. The van der Waals surface area contributed by atoms with E-state index in [4.69, 9.17) is 4.74 Å². The molecule has 0 aromatic heterocycles. The summed E-state index contributed by atoms with van der Waals surface area (Å²) in [4.78, 5) is 10.7. The molecule has 1 aromatic rings. The minimum absolute atomic E-state index is 0.109. The summed E-state index contributed by atoms with van der Waals surface area (Å²) < 4.78 is 5.15. The fraction of sp³-hybridized carbons (Fsp3) is 0.571. The van der Waals surface area contributed by atoms with Crippen molar-refractivity contribution in [2.45, 2.75) is 37.5 Å². The summed E-state index contributed by atoms with van der Waals surface area (Å²) >= 11 is 1.97. The van der Waals surface area contributed by atoms with Crippen LogP contribution in [0.3, 0.4) is 0 Å². The van der Waals surface area contributed by atoms with E-state index in [9.17, 15) is 10.1 Å². The summed E-state index contributed by atoms with van der Waals surface area (Å²) in [5.74, 6) is 1.76. The number of rotatable bonds is 6. The summed E-state index contributed by atoms with van der Waals surface area (Å²) in [6.45, 7) is 2.17. The lowest BCUT2D eigenvalue weighted by molar-refractivity contribution is -0.384. The molecule has 0 spiro atoms. The molecule has 0 heterocycles. The Morgan fingerprint density at radius 2 is 2.30 bits per heavy atom. The zero-order valence-corrected chi connectivity index (χ0v) is 12.6. The molecule has 1 aromatic carbocycles. The summed E-state index contributed by atoms with van der Waals surface area (Å²) in [5, 5.41) is 15.1. The summed E-state index contributed by atoms with van der Waals surface area (Å²) in [6, 6.07) is 5.13. The van der Waals surface area contributed by atoms with E-state index in [2.05, 4.69) is 12.2 Å². The van der Waals surface area contributed by atoms with E-state index in [1.165, 1.54) is 12.5 Å². The Bertz CT molecular complexity index is 481. The standard InChI is InChI=1S/C14H20N2O3S/c1-3-20-12-6-4-10(8-12)15-13-9-11(19-2)5-7-14(13)16(17)18/h5,7,9-10,12,15H,3-4,6,8H2,1-2H3. The predicted octanol–water partition coefficient (Wildman–Crippen LogP) is 3.69. The third-order valence-electron chi connectivity index (χ3n) is 3.55. The Hall–Kier alpha value is -1.43. The Morgan fingerprint density at radius 1 is 1.50 bits per heavy atom. The molecule has 110 valence electrons. The maximum absolute atomic E-state index is 11.1. The van der Waals surface area contributed by atoms with E-state index < -0.39 is 0 Å². The van der Waals surface area contributed by atoms with Crippen LogP contribution in [0.1, 0.15) is 26.2 Å². The first-order valence-corrected chi connectivity index (χ1v) is 7.89. The minimum Gasteiger partial charge on any atom is -0.497 e. The Balaban J connectivity index is 2.10. The molecule has 0 radical (unpaired) electrons. The number of anilines is 1. The minimum atomic E-state index is -0.352. The largest absolute Gasteiger partial charge is 0.497 e. The zero-order valence-electron chi connectivity index (χ0n) is 11.8. The third kappa shape index (κ3) is 3.56. The van der Waals surface area contributed by atoms with Gasteiger partial charge in [0, 0.05) is 23.4 Å². The highest BCUT2D eigenvalue weighted by Crippen LogP contribution is 2.35. The van der Waals surface area contributed by atoms with Crippen molar-refractivity contribution < 1.29 is 9.66 Å². The van der Waals surface area contributed by atoms with E-state index in [1.807, 2.05) is 11.8 Å². The smallest absolute Gasteiger partial charge is 0.292 e. The topological polar surface area (TPSA) is 64.4 Å². The second-order valence-corrected chi connectivity index (χ2v) is 6.45. The molecule has 5 nitrogen and oxygen atoms in total. The van der Waals surface area contributed by atoms with Crippen molar-refractivity contribution >= 4 is 23.1 Å². The number of benzene rings is 1. The van der Waals surface area contributed by atoms with Gasteiger partial charge < -0.3 is 10.1 Å². The highest BCUT2D eigenvalue weighted by molar-refractivity contribution is 7.99. The predicted molar refractivity (Wildman–Crippen MR) is 82.8 cm³/mol. The molecule has 0 amide bonds. The van der Waals surface area contributed by atoms with Gasteiger partial charge in [-0.25, -0.2) is 0 Å². The van der Waals surface area contributed by atoms with Crippen LogP contribution in [-0.2, 0) is 0 Å². The van der Waals surface area contributed by atoms with Gasteiger partial charge in [-0.3, -0.25) is 10.1 Å². The van der Waals surface area contributed by atoms with Gasteiger partial charge in [0.1, 0.15) is 11.4 Å². The lowest BCUT2D eigenvalue weighted by atomic mass is 10.2. The van der Waals surface area contributed by atoms with Crippen LogP contribution in [0, 0.1) is 10.1 Å². The fourth-order valence-corrected chi connectivity index (χ4v) is 3.74. The van der Waals surface area contributed by atoms with Crippen molar-refractivity contribution in [1.82, 2.24) is 0 Å². The van der Waals surface area contributed by atoms with E-state index in [1.54, 1.807) is 19.2 Å². The fourth-order valence-electron chi connectivity index (χ4n) is 2.60. The molecular weight excluding hydrogens is 276 g/mol. The van der Waals surface area contributed by atoms with E-state index in [0.29, 0.717) is 22.7 Å². The van der Waals surface area contributed by atoms with Gasteiger partial charge in [0.2, 0.25) is 0 Å². The number of hydrogen-bond donors (Lipinski definition) is 1. The quantitative estimate of drug-likeness (QED) is 0.640. The number of thioether (sulfide) groups is 1. The van der Waals surface area contributed by atoms with Gasteiger partial charge in [-0.05, 0) is 31.1 Å². The molecule has 0 bridgehead atoms. The lowest BCUT2D eigenvalue weighted by Crippen LogP contribution is -2.17. The molecule has 1 saturated carbocycles. The van der Waals surface area contributed by atoms with Crippen LogP contribution in [0.4, 0.5) is 11.4 Å². The summed E-state index contributed by atoms with van der Waals surface area (Å²) in [5.41, 5.74) is 0.666. The van der Waals surface area contributed by atoms with E-state index in [0.717, 1.165) is 18.6 Å². The Kier molecular flexibility index (Phi) is 5.11.